The summed E-state index contributed by atoms with van der Waals surface area (Å²) >= 11 is 5.94. The number of halogens is 1. The third kappa shape index (κ3) is 5.54. The van der Waals surface area contributed by atoms with Crippen LogP contribution in [-0.4, -0.2) is 55.3 Å². The van der Waals surface area contributed by atoms with E-state index in [2.05, 4.69) is 4.74 Å². The molecular weight excluding hydrogens is 310 g/mol. The van der Waals surface area contributed by atoms with E-state index in [1.165, 1.54) is 12.0 Å². The molecular formula is C15H20ClNO5. The van der Waals surface area contributed by atoms with E-state index < -0.39 is 11.9 Å². The Morgan fingerprint density at radius 3 is 2.64 bits per heavy atom. The molecule has 0 aliphatic heterocycles. The van der Waals surface area contributed by atoms with Gasteiger partial charge in [-0.3, -0.25) is 9.59 Å². The van der Waals surface area contributed by atoms with Gasteiger partial charge in [-0.2, -0.15) is 0 Å². The SMILES string of the molecule is COC(=O)C(C)CN(CCO)C(=O)COc1ccccc1Cl. The van der Waals surface area contributed by atoms with Gasteiger partial charge in [0.1, 0.15) is 5.75 Å². The number of carbonyl (C=O) groups excluding carboxylic acids is 2. The zero-order valence-corrected chi connectivity index (χ0v) is 13.4. The molecule has 1 atom stereocenters. The molecule has 1 amide bonds. The van der Waals surface area contributed by atoms with Crippen molar-refractivity contribution in [3.05, 3.63) is 29.3 Å². The number of carbonyl (C=O) groups is 2. The van der Waals surface area contributed by atoms with Crippen LogP contribution in [0.2, 0.25) is 5.02 Å². The number of aliphatic hydroxyl groups is 1. The third-order valence-electron chi connectivity index (χ3n) is 3.01. The molecule has 0 saturated carbocycles. The Hall–Kier alpha value is -1.79. The van der Waals surface area contributed by atoms with Crippen LogP contribution in [0, 0.1) is 5.92 Å². The van der Waals surface area contributed by atoms with E-state index in [1.54, 1.807) is 31.2 Å². The van der Waals surface area contributed by atoms with Crippen molar-refractivity contribution < 1.29 is 24.2 Å². The summed E-state index contributed by atoms with van der Waals surface area (Å²) in [5.74, 6) is -0.837. The molecule has 0 radical (unpaired) electrons. The van der Waals surface area contributed by atoms with Crippen molar-refractivity contribution in [3.8, 4) is 5.75 Å². The van der Waals surface area contributed by atoms with Crippen LogP contribution >= 0.6 is 11.6 Å². The second kappa shape index (κ2) is 9.27. The minimum Gasteiger partial charge on any atom is -0.482 e. The zero-order valence-electron chi connectivity index (χ0n) is 12.6. The van der Waals surface area contributed by atoms with Crippen molar-refractivity contribution in [1.82, 2.24) is 4.90 Å². The van der Waals surface area contributed by atoms with Gasteiger partial charge < -0.3 is 19.5 Å². The molecule has 7 heteroatoms. The first-order valence-electron chi connectivity index (χ1n) is 6.83. The van der Waals surface area contributed by atoms with Crippen molar-refractivity contribution in [3.63, 3.8) is 0 Å². The van der Waals surface area contributed by atoms with E-state index in [0.29, 0.717) is 10.8 Å². The van der Waals surface area contributed by atoms with Crippen LogP contribution < -0.4 is 4.74 Å². The van der Waals surface area contributed by atoms with Crippen molar-refractivity contribution in [2.75, 3.05) is 33.4 Å². The number of amides is 1. The van der Waals surface area contributed by atoms with Crippen molar-refractivity contribution >= 4 is 23.5 Å². The number of esters is 1. The lowest BCUT2D eigenvalue weighted by Crippen LogP contribution is -2.41. The first kappa shape index (κ1) is 18.3. The predicted molar refractivity (Wildman–Crippen MR) is 81.8 cm³/mol. The highest BCUT2D eigenvalue weighted by Crippen LogP contribution is 2.23. The van der Waals surface area contributed by atoms with Gasteiger partial charge in [0.2, 0.25) is 0 Å². The van der Waals surface area contributed by atoms with E-state index in [4.69, 9.17) is 21.4 Å². The zero-order chi connectivity index (χ0) is 16.5. The standard InChI is InChI=1S/C15H20ClNO5/c1-11(15(20)21-2)9-17(7-8-18)14(19)10-22-13-6-4-3-5-12(13)16/h3-6,11,18H,7-10H2,1-2H3. The fourth-order valence-electron chi connectivity index (χ4n) is 1.84. The molecule has 22 heavy (non-hydrogen) atoms. The van der Waals surface area contributed by atoms with E-state index >= 15 is 0 Å². The fraction of sp³-hybridized carbons (Fsp3) is 0.467. The molecule has 1 aromatic rings. The van der Waals surface area contributed by atoms with Gasteiger partial charge in [-0.25, -0.2) is 0 Å². The number of para-hydroxylation sites is 1. The summed E-state index contributed by atoms with van der Waals surface area (Å²) in [6, 6.07) is 6.82. The van der Waals surface area contributed by atoms with Crippen LogP contribution in [0.4, 0.5) is 0 Å². The van der Waals surface area contributed by atoms with Gasteiger partial charge in [0.15, 0.2) is 6.61 Å². The lowest BCUT2D eigenvalue weighted by Gasteiger charge is -2.24. The topological polar surface area (TPSA) is 76.1 Å². The number of methoxy groups -OCH3 is 1. The number of nitrogens with zero attached hydrogens (tertiary/aromatic N) is 1. The summed E-state index contributed by atoms with van der Waals surface area (Å²) in [6.45, 7) is 1.49. The summed E-state index contributed by atoms with van der Waals surface area (Å²) in [5, 5.41) is 9.46. The van der Waals surface area contributed by atoms with Gasteiger partial charge in [-0.05, 0) is 12.1 Å². The lowest BCUT2D eigenvalue weighted by molar-refractivity contribution is -0.146. The molecule has 6 nitrogen and oxygen atoms in total. The van der Waals surface area contributed by atoms with Crippen LogP contribution in [0.3, 0.4) is 0 Å². The molecule has 122 valence electrons. The Labute approximate surface area is 134 Å². The minimum atomic E-state index is -0.485. The Bertz CT molecular complexity index is 508. The molecule has 1 rings (SSSR count). The van der Waals surface area contributed by atoms with Crippen molar-refractivity contribution in [2.45, 2.75) is 6.92 Å². The minimum absolute atomic E-state index is 0.117. The number of benzene rings is 1. The van der Waals surface area contributed by atoms with Crippen molar-refractivity contribution in [1.29, 1.82) is 0 Å². The highest BCUT2D eigenvalue weighted by atomic mass is 35.5. The number of hydrogen-bond acceptors (Lipinski definition) is 5. The number of hydrogen-bond donors (Lipinski definition) is 1. The third-order valence-corrected chi connectivity index (χ3v) is 3.32. The molecule has 1 N–H and O–H groups in total. The van der Waals surface area contributed by atoms with E-state index in [-0.39, 0.29) is 32.2 Å². The molecule has 0 heterocycles. The molecule has 0 aliphatic carbocycles. The lowest BCUT2D eigenvalue weighted by atomic mass is 10.1. The van der Waals surface area contributed by atoms with Gasteiger partial charge in [-0.15, -0.1) is 0 Å². The van der Waals surface area contributed by atoms with Gasteiger partial charge >= 0.3 is 5.97 Å². The normalized spacial score (nSPS) is 11.6. The number of aliphatic hydroxyl groups excluding tert-OH is 1. The van der Waals surface area contributed by atoms with Gasteiger partial charge in [0, 0.05) is 13.1 Å². The van der Waals surface area contributed by atoms with Gasteiger partial charge in [-0.1, -0.05) is 30.7 Å². The molecule has 0 saturated heterocycles. The largest absolute Gasteiger partial charge is 0.482 e. The maximum Gasteiger partial charge on any atom is 0.310 e. The Balaban J connectivity index is 2.61. The van der Waals surface area contributed by atoms with Crippen LogP contribution in [0.25, 0.3) is 0 Å². The van der Waals surface area contributed by atoms with Gasteiger partial charge in [0.25, 0.3) is 5.91 Å². The molecule has 0 fully saturated rings. The first-order valence-corrected chi connectivity index (χ1v) is 7.21. The fourth-order valence-corrected chi connectivity index (χ4v) is 2.03. The molecule has 0 bridgehead atoms. The summed E-state index contributed by atoms with van der Waals surface area (Å²) in [7, 11) is 1.29. The van der Waals surface area contributed by atoms with Crippen LogP contribution in [0.1, 0.15) is 6.92 Å². The average Bonchev–Trinajstić information content (AvgIpc) is 2.52. The highest BCUT2D eigenvalue weighted by molar-refractivity contribution is 6.32. The van der Waals surface area contributed by atoms with Crippen LogP contribution in [0.15, 0.2) is 24.3 Å². The maximum atomic E-state index is 12.2. The van der Waals surface area contributed by atoms with E-state index in [1.807, 2.05) is 0 Å². The Morgan fingerprint density at radius 2 is 2.05 bits per heavy atom. The molecule has 1 unspecified atom stereocenters. The maximum absolute atomic E-state index is 12.2. The molecule has 0 aliphatic rings. The molecule has 1 aromatic carbocycles. The predicted octanol–water partition coefficient (Wildman–Crippen LogP) is 1.35. The number of rotatable bonds is 8. The first-order chi connectivity index (χ1) is 10.5. The summed E-state index contributed by atoms with van der Waals surface area (Å²) in [6.07, 6.45) is 0. The smallest absolute Gasteiger partial charge is 0.310 e. The van der Waals surface area contributed by atoms with Gasteiger partial charge in [0.05, 0.1) is 24.7 Å². The monoisotopic (exact) mass is 329 g/mol. The Kier molecular flexibility index (Phi) is 7.70. The quantitative estimate of drug-likeness (QED) is 0.729. The summed E-state index contributed by atoms with van der Waals surface area (Å²) < 4.78 is 10.0. The van der Waals surface area contributed by atoms with Crippen LogP contribution in [-0.2, 0) is 14.3 Å². The highest BCUT2D eigenvalue weighted by Gasteiger charge is 2.21. The van der Waals surface area contributed by atoms with E-state index in [9.17, 15) is 9.59 Å². The summed E-state index contributed by atoms with van der Waals surface area (Å²) in [4.78, 5) is 24.9. The Morgan fingerprint density at radius 1 is 1.36 bits per heavy atom. The number of ether oxygens (including phenoxy) is 2. The summed E-state index contributed by atoms with van der Waals surface area (Å²) in [5.41, 5.74) is 0. The second-order valence-electron chi connectivity index (χ2n) is 4.71. The molecule has 0 spiro atoms. The second-order valence-corrected chi connectivity index (χ2v) is 5.11. The molecule has 0 aromatic heterocycles. The van der Waals surface area contributed by atoms with Crippen LogP contribution in [0.5, 0.6) is 5.75 Å². The average molecular weight is 330 g/mol. The van der Waals surface area contributed by atoms with Crippen molar-refractivity contribution in [2.24, 2.45) is 5.92 Å². The van der Waals surface area contributed by atoms with E-state index in [0.717, 1.165) is 0 Å².